The maximum absolute atomic E-state index is 13.3. The van der Waals surface area contributed by atoms with E-state index in [2.05, 4.69) is 25.1 Å². The van der Waals surface area contributed by atoms with Crippen molar-refractivity contribution in [1.82, 2.24) is 0 Å². The van der Waals surface area contributed by atoms with E-state index in [0.717, 1.165) is 31.2 Å². The second-order valence-electron chi connectivity index (χ2n) is 13.6. The Bertz CT molecular complexity index is 1950. The standard InChI is InChI=1S/C43H54N2O7S/c1-4-6-8-9-10-11-12-13-14-15-16-34-19-23-38(24-20-34)53(47,48)52-45-43(36-21-17-35(32-44)18-22-36)33(3)27-29-50-40-30-37(49-28-7-5-2)31-41-39(40)25-26-42(46)51-41/h17-26,30-31,33H,4-16,27-29H2,1-3H3/b45-43-. The summed E-state index contributed by atoms with van der Waals surface area (Å²) < 4.78 is 49.3. The molecule has 53 heavy (non-hydrogen) atoms. The average Bonchev–Trinajstić information content (AvgIpc) is 3.16. The van der Waals surface area contributed by atoms with Gasteiger partial charge in [0.15, 0.2) is 0 Å². The lowest BCUT2D eigenvalue weighted by molar-refractivity contribution is 0.289. The number of hydrogen-bond donors (Lipinski definition) is 0. The molecule has 0 aliphatic carbocycles. The zero-order valence-corrected chi connectivity index (χ0v) is 32.3. The molecule has 0 aliphatic rings. The Balaban J connectivity index is 1.39. The largest absolute Gasteiger partial charge is 0.493 e. The van der Waals surface area contributed by atoms with Crippen molar-refractivity contribution in [2.45, 2.75) is 116 Å². The molecule has 1 aromatic heterocycles. The number of ether oxygens (including phenoxy) is 2. The molecule has 0 radical (unpaired) electrons. The maximum atomic E-state index is 13.3. The SMILES string of the molecule is CCCCCCCCCCCCc1ccc(S(=O)(=O)O/N=C(\c2ccc(C#N)cc2)C(C)CCOc2cc(OCCCC)cc3oc(=O)ccc23)cc1. The highest BCUT2D eigenvalue weighted by Gasteiger charge is 2.20. The fraction of sp³-hybridized carbons (Fsp3) is 0.465. The van der Waals surface area contributed by atoms with Crippen LogP contribution in [0.1, 0.15) is 121 Å². The smallest absolute Gasteiger partial charge is 0.358 e. The molecule has 0 spiro atoms. The molecule has 0 fully saturated rings. The molecule has 0 bridgehead atoms. The predicted molar refractivity (Wildman–Crippen MR) is 210 cm³/mol. The summed E-state index contributed by atoms with van der Waals surface area (Å²) in [6, 6.07) is 22.1. The molecule has 0 N–H and O–H groups in total. The molecule has 0 aliphatic heterocycles. The Hall–Kier alpha value is -4.62. The minimum Gasteiger partial charge on any atom is -0.493 e. The molecule has 1 heterocycles. The van der Waals surface area contributed by atoms with Gasteiger partial charge in [-0.3, -0.25) is 4.28 Å². The fourth-order valence-electron chi connectivity index (χ4n) is 6.05. The molecule has 0 saturated carbocycles. The molecule has 1 atom stereocenters. The van der Waals surface area contributed by atoms with E-state index in [-0.39, 0.29) is 17.4 Å². The van der Waals surface area contributed by atoms with Crippen LogP contribution in [0.4, 0.5) is 0 Å². The third kappa shape index (κ3) is 13.4. The number of nitriles is 1. The van der Waals surface area contributed by atoms with Gasteiger partial charge in [-0.2, -0.15) is 13.7 Å². The number of aryl methyl sites for hydroxylation is 1. The number of unbranched alkanes of at least 4 members (excludes halogenated alkanes) is 10. The van der Waals surface area contributed by atoms with E-state index >= 15 is 0 Å². The Morgan fingerprint density at radius 2 is 1.45 bits per heavy atom. The van der Waals surface area contributed by atoms with Crippen molar-refractivity contribution in [3.8, 4) is 17.6 Å². The molecular formula is C43H54N2O7S. The van der Waals surface area contributed by atoms with Crippen LogP contribution >= 0.6 is 0 Å². The van der Waals surface area contributed by atoms with Gasteiger partial charge in [0.1, 0.15) is 22.0 Å². The third-order valence-electron chi connectivity index (χ3n) is 9.29. The van der Waals surface area contributed by atoms with Gasteiger partial charge in [0.2, 0.25) is 0 Å². The summed E-state index contributed by atoms with van der Waals surface area (Å²) in [6.45, 7) is 6.97. The molecule has 4 aromatic rings. The van der Waals surface area contributed by atoms with Crippen LogP contribution in [0.2, 0.25) is 0 Å². The quantitative estimate of drug-likeness (QED) is 0.0300. The molecule has 0 amide bonds. The zero-order valence-electron chi connectivity index (χ0n) is 31.5. The summed E-state index contributed by atoms with van der Waals surface area (Å²) in [5, 5.41) is 14.1. The van der Waals surface area contributed by atoms with Crippen molar-refractivity contribution >= 4 is 26.8 Å². The van der Waals surface area contributed by atoms with Crippen LogP contribution < -0.4 is 15.1 Å². The number of fused-ring (bicyclic) bond motifs is 1. The molecule has 1 unspecified atom stereocenters. The highest BCUT2D eigenvalue weighted by molar-refractivity contribution is 7.86. The van der Waals surface area contributed by atoms with Crippen LogP contribution in [0.25, 0.3) is 11.0 Å². The predicted octanol–water partition coefficient (Wildman–Crippen LogP) is 10.5. The molecule has 10 heteroatoms. The van der Waals surface area contributed by atoms with Crippen molar-refractivity contribution in [2.24, 2.45) is 11.1 Å². The molecule has 3 aromatic carbocycles. The summed E-state index contributed by atoms with van der Waals surface area (Å²) >= 11 is 0. The van der Waals surface area contributed by atoms with Crippen LogP contribution in [0.5, 0.6) is 11.5 Å². The van der Waals surface area contributed by atoms with Crippen LogP contribution in [0.3, 0.4) is 0 Å². The zero-order chi connectivity index (χ0) is 37.9. The van der Waals surface area contributed by atoms with Gasteiger partial charge in [-0.25, -0.2) is 4.79 Å². The summed E-state index contributed by atoms with van der Waals surface area (Å²) in [7, 11) is -4.20. The van der Waals surface area contributed by atoms with Crippen molar-refractivity contribution in [3.05, 3.63) is 99.9 Å². The van der Waals surface area contributed by atoms with Gasteiger partial charge < -0.3 is 13.9 Å². The van der Waals surface area contributed by atoms with E-state index in [1.54, 1.807) is 54.6 Å². The number of oxime groups is 1. The van der Waals surface area contributed by atoms with E-state index in [1.807, 2.05) is 19.1 Å². The van der Waals surface area contributed by atoms with E-state index in [1.165, 1.54) is 63.9 Å². The summed E-state index contributed by atoms with van der Waals surface area (Å²) in [5.41, 5.74) is 2.46. The summed E-state index contributed by atoms with van der Waals surface area (Å²) in [6.07, 6.45) is 15.9. The highest BCUT2D eigenvalue weighted by Crippen LogP contribution is 2.31. The van der Waals surface area contributed by atoms with Crippen molar-refractivity contribution < 1.29 is 26.6 Å². The van der Waals surface area contributed by atoms with Gasteiger partial charge in [0, 0.05) is 24.1 Å². The maximum Gasteiger partial charge on any atom is 0.358 e. The lowest BCUT2D eigenvalue weighted by Crippen LogP contribution is -2.18. The fourth-order valence-corrected chi connectivity index (χ4v) is 6.79. The van der Waals surface area contributed by atoms with Crippen molar-refractivity contribution in [1.29, 1.82) is 5.26 Å². The van der Waals surface area contributed by atoms with Gasteiger partial charge >= 0.3 is 15.7 Å². The van der Waals surface area contributed by atoms with Gasteiger partial charge in [-0.15, -0.1) is 0 Å². The van der Waals surface area contributed by atoms with E-state index in [9.17, 15) is 18.5 Å². The minimum atomic E-state index is -4.20. The van der Waals surface area contributed by atoms with E-state index in [0.29, 0.717) is 52.3 Å². The van der Waals surface area contributed by atoms with Gasteiger partial charge in [-0.05, 0) is 67.1 Å². The summed E-state index contributed by atoms with van der Waals surface area (Å²) in [5.74, 6) is 0.723. The van der Waals surface area contributed by atoms with E-state index in [4.69, 9.17) is 18.2 Å². The lowest BCUT2D eigenvalue weighted by Gasteiger charge is -2.17. The molecular weight excluding hydrogens is 689 g/mol. The number of hydrogen-bond acceptors (Lipinski definition) is 9. The second kappa shape index (κ2) is 21.8. The summed E-state index contributed by atoms with van der Waals surface area (Å²) in [4.78, 5) is 12.0. The van der Waals surface area contributed by atoms with Crippen LogP contribution in [0, 0.1) is 17.2 Å². The normalized spacial score (nSPS) is 12.4. The number of nitrogens with zero attached hydrogens (tertiary/aromatic N) is 2. The van der Waals surface area contributed by atoms with Crippen LogP contribution in [-0.2, 0) is 20.8 Å². The van der Waals surface area contributed by atoms with Crippen LogP contribution in [-0.4, -0.2) is 27.3 Å². The van der Waals surface area contributed by atoms with E-state index < -0.39 is 15.7 Å². The Morgan fingerprint density at radius 3 is 2.11 bits per heavy atom. The van der Waals surface area contributed by atoms with Crippen molar-refractivity contribution in [2.75, 3.05) is 13.2 Å². The Morgan fingerprint density at radius 1 is 0.792 bits per heavy atom. The first-order valence-corrected chi connectivity index (χ1v) is 20.6. The second-order valence-corrected chi connectivity index (χ2v) is 15.1. The van der Waals surface area contributed by atoms with Gasteiger partial charge in [-0.1, -0.05) is 114 Å². The van der Waals surface area contributed by atoms with Crippen LogP contribution in [0.15, 0.2) is 92.1 Å². The lowest BCUT2D eigenvalue weighted by atomic mass is 9.95. The Labute approximate surface area is 315 Å². The molecule has 284 valence electrons. The van der Waals surface area contributed by atoms with Gasteiger partial charge in [0.25, 0.3) is 0 Å². The Kier molecular flexibility index (Phi) is 16.9. The number of benzene rings is 3. The van der Waals surface area contributed by atoms with Crippen molar-refractivity contribution in [3.63, 3.8) is 0 Å². The molecule has 0 saturated heterocycles. The first-order valence-electron chi connectivity index (χ1n) is 19.2. The average molecular weight is 743 g/mol. The van der Waals surface area contributed by atoms with Gasteiger partial charge in [0.05, 0.1) is 35.9 Å². The molecule has 9 nitrogen and oxygen atoms in total. The first kappa shape index (κ1) is 41.1. The number of rotatable bonds is 24. The highest BCUT2D eigenvalue weighted by atomic mass is 32.2. The molecule has 4 rings (SSSR count). The minimum absolute atomic E-state index is 0.0304. The monoisotopic (exact) mass is 742 g/mol. The first-order chi connectivity index (χ1) is 25.7. The third-order valence-corrected chi connectivity index (χ3v) is 10.4. The topological polar surface area (TPSA) is 128 Å².